The van der Waals surface area contributed by atoms with Gasteiger partial charge in [-0.25, -0.2) is 0 Å². The lowest BCUT2D eigenvalue weighted by Crippen LogP contribution is -1.83. The normalized spacial score (nSPS) is 11.6. The Balaban J connectivity index is 0.940. The molecule has 0 radical (unpaired) electrons. The number of hydrogen-bond donors (Lipinski definition) is 0. The molecule has 0 saturated heterocycles. The maximum Gasteiger partial charge on any atom is 0.0534 e. The Morgan fingerprint density at radius 3 is 0.821 bits per heavy atom. The second-order valence-electron chi connectivity index (χ2n) is 14.5. The van der Waals surface area contributed by atoms with Gasteiger partial charge in [0.15, 0.2) is 0 Å². The van der Waals surface area contributed by atoms with Crippen LogP contribution in [-0.4, -0.2) is 0 Å². The predicted octanol–water partition coefficient (Wildman–Crippen LogP) is 16.4. The van der Waals surface area contributed by atoms with E-state index in [1.165, 1.54) is 107 Å². The second-order valence-corrected chi connectivity index (χ2v) is 16.6. The lowest BCUT2D eigenvalue weighted by molar-refractivity contribution is 1.58. The molecule has 0 unspecified atom stereocenters. The van der Waals surface area contributed by atoms with Crippen molar-refractivity contribution in [2.75, 3.05) is 0 Å². The van der Waals surface area contributed by atoms with Gasteiger partial charge in [0.25, 0.3) is 0 Å². The molecule has 0 fully saturated rings. The summed E-state index contributed by atoms with van der Waals surface area (Å²) in [6.45, 7) is 0. The van der Waals surface area contributed by atoms with Crippen molar-refractivity contribution in [3.05, 3.63) is 206 Å². The van der Waals surface area contributed by atoms with Crippen LogP contribution in [0.1, 0.15) is 0 Å². The van der Waals surface area contributed by atoms with Gasteiger partial charge in [-0.15, -0.1) is 22.7 Å². The number of hydrogen-bond acceptors (Lipinski definition) is 2. The summed E-state index contributed by atoms with van der Waals surface area (Å²) in [6, 6.07) is 75.6. The lowest BCUT2D eigenvalue weighted by Gasteiger charge is -2.09. The summed E-state index contributed by atoms with van der Waals surface area (Å²) in [5, 5.41) is 5.32. The van der Waals surface area contributed by atoms with Crippen LogP contribution in [-0.2, 0) is 0 Å². The molecule has 2 heteroatoms. The molecule has 0 aliphatic heterocycles. The lowest BCUT2D eigenvalue weighted by atomic mass is 9.95. The number of benzene rings is 9. The highest BCUT2D eigenvalue weighted by Gasteiger charge is 2.15. The maximum absolute atomic E-state index is 2.40. The summed E-state index contributed by atoms with van der Waals surface area (Å²) >= 11 is 3.84. The second kappa shape index (κ2) is 13.6. The van der Waals surface area contributed by atoms with E-state index in [0.717, 1.165) is 0 Å². The Morgan fingerprint density at radius 1 is 0.196 bits per heavy atom. The third-order valence-corrected chi connectivity index (χ3v) is 13.6. The molecule has 56 heavy (non-hydrogen) atoms. The van der Waals surface area contributed by atoms with Gasteiger partial charge in [-0.05, 0) is 115 Å². The van der Waals surface area contributed by atoms with Gasteiger partial charge in [-0.3, -0.25) is 0 Å². The molecular formula is C54H34S2. The van der Waals surface area contributed by atoms with Gasteiger partial charge in [0, 0.05) is 30.9 Å². The average molecular weight is 747 g/mol. The standard InChI is InChI=1S/C54H34S2/c1-3-11-35(12-4-1)37-15-7-17-39(29-37)41-19-9-21-43(31-41)45-23-27-51-49(33-45)47-25-26-48-50-34-46(24-28-52(50)56-54(48)53(47)55-51)44-22-10-20-42(32-44)40-18-8-16-38(30-40)36-13-5-2-6-14-36/h1-34H. The Bertz CT molecular complexity index is 3020. The fraction of sp³-hybridized carbons (Fsp3) is 0. The molecule has 0 aliphatic rings. The number of fused-ring (bicyclic) bond motifs is 7. The van der Waals surface area contributed by atoms with Crippen LogP contribution in [0.2, 0.25) is 0 Å². The van der Waals surface area contributed by atoms with E-state index < -0.39 is 0 Å². The first-order valence-electron chi connectivity index (χ1n) is 19.1. The van der Waals surface area contributed by atoms with Crippen molar-refractivity contribution in [3.63, 3.8) is 0 Å². The topological polar surface area (TPSA) is 0 Å². The molecule has 0 atom stereocenters. The molecule has 0 N–H and O–H groups in total. The van der Waals surface area contributed by atoms with Gasteiger partial charge < -0.3 is 0 Å². The first-order valence-corrected chi connectivity index (χ1v) is 20.7. The smallest absolute Gasteiger partial charge is 0.0534 e. The van der Waals surface area contributed by atoms with Gasteiger partial charge in [-0.1, -0.05) is 158 Å². The van der Waals surface area contributed by atoms with Crippen LogP contribution >= 0.6 is 22.7 Å². The van der Waals surface area contributed by atoms with Crippen molar-refractivity contribution in [1.82, 2.24) is 0 Å². The van der Waals surface area contributed by atoms with Crippen LogP contribution in [0.25, 0.3) is 107 Å². The summed E-state index contributed by atoms with van der Waals surface area (Å²) < 4.78 is 5.41. The highest BCUT2D eigenvalue weighted by Crippen LogP contribution is 2.46. The molecule has 11 rings (SSSR count). The van der Waals surface area contributed by atoms with E-state index in [2.05, 4.69) is 206 Å². The van der Waals surface area contributed by atoms with Crippen molar-refractivity contribution < 1.29 is 0 Å². The Kier molecular flexibility index (Phi) is 7.98. The summed E-state index contributed by atoms with van der Waals surface area (Å²) in [7, 11) is 0. The van der Waals surface area contributed by atoms with Crippen LogP contribution < -0.4 is 0 Å². The largest absolute Gasteiger partial charge is 0.134 e. The molecule has 0 saturated carbocycles. The van der Waals surface area contributed by atoms with E-state index in [4.69, 9.17) is 0 Å². The SMILES string of the molecule is c1ccc(-c2cccc(-c3cccc(-c4ccc5sc6c(ccc7c8cc(-c9cccc(-c%10cccc(-c%11ccccc%11)c%10)c9)ccc8sc76)c5c4)c3)c2)cc1. The minimum absolute atomic E-state index is 1.23. The average Bonchev–Trinajstić information content (AvgIpc) is 3.85. The minimum Gasteiger partial charge on any atom is -0.134 e. The van der Waals surface area contributed by atoms with Crippen molar-refractivity contribution in [3.8, 4) is 66.8 Å². The molecule has 0 aliphatic carbocycles. The minimum atomic E-state index is 1.23. The zero-order valence-electron chi connectivity index (χ0n) is 30.4. The predicted molar refractivity (Wildman–Crippen MR) is 245 cm³/mol. The quantitative estimate of drug-likeness (QED) is 0.159. The molecule has 11 aromatic rings. The van der Waals surface area contributed by atoms with Crippen LogP contribution in [0.5, 0.6) is 0 Å². The third-order valence-electron chi connectivity index (χ3n) is 11.1. The van der Waals surface area contributed by atoms with Crippen LogP contribution in [0, 0.1) is 0 Å². The molecule has 0 nitrogen and oxygen atoms in total. The summed E-state index contributed by atoms with van der Waals surface area (Å²) in [5.41, 5.74) is 14.8. The maximum atomic E-state index is 2.40. The van der Waals surface area contributed by atoms with Crippen LogP contribution in [0.4, 0.5) is 0 Å². The highest BCUT2D eigenvalue weighted by molar-refractivity contribution is 7.33. The molecule has 0 spiro atoms. The van der Waals surface area contributed by atoms with Gasteiger partial charge >= 0.3 is 0 Å². The van der Waals surface area contributed by atoms with Crippen LogP contribution in [0.3, 0.4) is 0 Å². The first-order chi connectivity index (χ1) is 27.7. The van der Waals surface area contributed by atoms with Gasteiger partial charge in [0.1, 0.15) is 0 Å². The van der Waals surface area contributed by atoms with Gasteiger partial charge in [0.2, 0.25) is 0 Å². The number of thiophene rings is 2. The van der Waals surface area contributed by atoms with Crippen molar-refractivity contribution in [2.45, 2.75) is 0 Å². The van der Waals surface area contributed by atoms with E-state index in [1.54, 1.807) is 0 Å². The first kappa shape index (κ1) is 32.8. The monoisotopic (exact) mass is 746 g/mol. The summed E-state index contributed by atoms with van der Waals surface area (Å²) in [5.74, 6) is 0. The number of rotatable bonds is 6. The van der Waals surface area contributed by atoms with Crippen molar-refractivity contribution in [2.24, 2.45) is 0 Å². The molecular weight excluding hydrogens is 713 g/mol. The zero-order chi connectivity index (χ0) is 37.0. The Hall–Kier alpha value is -6.58. The van der Waals surface area contributed by atoms with E-state index >= 15 is 0 Å². The van der Waals surface area contributed by atoms with E-state index in [-0.39, 0.29) is 0 Å². The Labute approximate surface area is 334 Å². The molecule has 2 aromatic heterocycles. The fourth-order valence-corrected chi connectivity index (χ4v) is 10.7. The van der Waals surface area contributed by atoms with Gasteiger partial charge in [-0.2, -0.15) is 0 Å². The van der Waals surface area contributed by atoms with Gasteiger partial charge in [0.05, 0.1) is 9.40 Å². The van der Waals surface area contributed by atoms with E-state index in [1.807, 2.05) is 22.7 Å². The third kappa shape index (κ3) is 5.83. The van der Waals surface area contributed by atoms with Crippen molar-refractivity contribution in [1.29, 1.82) is 0 Å². The summed E-state index contributed by atoms with van der Waals surface area (Å²) in [4.78, 5) is 0. The molecule has 262 valence electrons. The molecule has 9 aromatic carbocycles. The Morgan fingerprint density at radius 2 is 0.482 bits per heavy atom. The molecule has 2 heterocycles. The highest BCUT2D eigenvalue weighted by atomic mass is 32.1. The van der Waals surface area contributed by atoms with Crippen LogP contribution in [0.15, 0.2) is 206 Å². The molecule has 0 bridgehead atoms. The van der Waals surface area contributed by atoms with E-state index in [9.17, 15) is 0 Å². The van der Waals surface area contributed by atoms with Crippen molar-refractivity contribution >= 4 is 63.0 Å². The summed E-state index contributed by atoms with van der Waals surface area (Å²) in [6.07, 6.45) is 0. The zero-order valence-corrected chi connectivity index (χ0v) is 32.1. The fourth-order valence-electron chi connectivity index (χ4n) is 8.20. The molecule has 0 amide bonds. The van der Waals surface area contributed by atoms with E-state index in [0.29, 0.717) is 0 Å².